The van der Waals surface area contributed by atoms with E-state index in [1.54, 1.807) is 0 Å². The average Bonchev–Trinajstić information content (AvgIpc) is 2.77. The highest BCUT2D eigenvalue weighted by atomic mass is 35.5. The largest absolute Gasteiger partial charge is 0.316 e. The molecule has 0 saturated heterocycles. The average molecular weight is 286 g/mol. The molecule has 0 spiro atoms. The van der Waals surface area contributed by atoms with Gasteiger partial charge in [0.25, 0.3) is 0 Å². The minimum absolute atomic E-state index is 0.372. The molecule has 1 aromatic rings. The lowest BCUT2D eigenvalue weighted by molar-refractivity contribution is 0.229. The Labute approximate surface area is 120 Å². The van der Waals surface area contributed by atoms with E-state index in [2.05, 4.69) is 12.2 Å². The van der Waals surface area contributed by atoms with Crippen molar-refractivity contribution in [2.45, 2.75) is 45.1 Å². The fraction of sp³-hybridized carbons (Fsp3) is 0.600. The Morgan fingerprint density at radius 2 is 1.78 bits per heavy atom. The van der Waals surface area contributed by atoms with Crippen molar-refractivity contribution in [2.24, 2.45) is 5.41 Å². The van der Waals surface area contributed by atoms with E-state index in [4.69, 9.17) is 23.2 Å². The summed E-state index contributed by atoms with van der Waals surface area (Å²) in [5.41, 5.74) is 1.45. The molecule has 1 unspecified atom stereocenters. The highest BCUT2D eigenvalue weighted by molar-refractivity contribution is 6.36. The molecule has 1 saturated carbocycles. The van der Waals surface area contributed by atoms with Crippen LogP contribution >= 0.6 is 23.2 Å². The predicted molar refractivity (Wildman–Crippen MR) is 79.6 cm³/mol. The first-order valence-electron chi connectivity index (χ1n) is 6.67. The molecule has 0 heterocycles. The van der Waals surface area contributed by atoms with Gasteiger partial charge in [0, 0.05) is 16.1 Å². The minimum atomic E-state index is 0.372. The van der Waals surface area contributed by atoms with Crippen LogP contribution in [0.4, 0.5) is 0 Å². The van der Waals surface area contributed by atoms with Crippen LogP contribution in [0.3, 0.4) is 0 Å². The van der Waals surface area contributed by atoms with Crippen LogP contribution in [0.25, 0.3) is 0 Å². The van der Waals surface area contributed by atoms with Crippen molar-refractivity contribution < 1.29 is 0 Å². The summed E-state index contributed by atoms with van der Waals surface area (Å²) in [5, 5.41) is 5.03. The molecule has 1 aliphatic rings. The van der Waals surface area contributed by atoms with E-state index in [-0.39, 0.29) is 0 Å². The smallest absolute Gasteiger partial charge is 0.0453 e. The summed E-state index contributed by atoms with van der Waals surface area (Å²) in [7, 11) is 2.04. The van der Waals surface area contributed by atoms with E-state index in [1.807, 2.05) is 25.2 Å². The third-order valence-corrected chi connectivity index (χ3v) is 5.11. The van der Waals surface area contributed by atoms with Crippen LogP contribution in [0, 0.1) is 5.41 Å². The van der Waals surface area contributed by atoms with Gasteiger partial charge in [0.15, 0.2) is 0 Å². The normalized spacial score (nSPS) is 20.0. The summed E-state index contributed by atoms with van der Waals surface area (Å²) < 4.78 is 0. The first kappa shape index (κ1) is 14.2. The summed E-state index contributed by atoms with van der Waals surface area (Å²) in [6.07, 6.45) is 6.17. The lowest BCUT2D eigenvalue weighted by Gasteiger charge is -2.34. The number of nitrogens with one attached hydrogen (secondary N) is 1. The van der Waals surface area contributed by atoms with Gasteiger partial charge in [-0.3, -0.25) is 0 Å². The Morgan fingerprint density at radius 3 is 2.28 bits per heavy atom. The standard InChI is InChI=1S/C15H21Cl2N/c1-15(8-3-4-9-15)14(18-2)10-11-12(16)6-5-7-13(11)17/h5-7,14,18H,3-4,8-10H2,1-2H3. The number of benzene rings is 1. The third kappa shape index (κ3) is 2.84. The Bertz CT molecular complexity index is 391. The molecule has 1 nitrogen and oxygen atoms in total. The number of hydrogen-bond donors (Lipinski definition) is 1. The fourth-order valence-electron chi connectivity index (χ4n) is 3.16. The predicted octanol–water partition coefficient (Wildman–Crippen LogP) is 4.70. The molecular weight excluding hydrogens is 265 g/mol. The molecule has 100 valence electrons. The van der Waals surface area contributed by atoms with Gasteiger partial charge in [-0.1, -0.05) is 49.0 Å². The SMILES string of the molecule is CNC(Cc1c(Cl)cccc1Cl)C1(C)CCCC1. The Hall–Kier alpha value is -0.240. The van der Waals surface area contributed by atoms with Crippen molar-refractivity contribution in [1.82, 2.24) is 5.32 Å². The van der Waals surface area contributed by atoms with Crippen LogP contribution in [0.5, 0.6) is 0 Å². The van der Waals surface area contributed by atoms with Crippen molar-refractivity contribution >= 4 is 23.2 Å². The van der Waals surface area contributed by atoms with Crippen LogP contribution < -0.4 is 5.32 Å². The third-order valence-electron chi connectivity index (χ3n) is 4.41. The first-order valence-corrected chi connectivity index (χ1v) is 7.42. The lowest BCUT2D eigenvalue weighted by atomic mass is 9.78. The summed E-state index contributed by atoms with van der Waals surface area (Å²) in [6.45, 7) is 2.38. The lowest BCUT2D eigenvalue weighted by Crippen LogP contribution is -2.42. The molecule has 1 atom stereocenters. The van der Waals surface area contributed by atoms with Gasteiger partial charge >= 0.3 is 0 Å². The molecular formula is C15H21Cl2N. The molecule has 1 aromatic carbocycles. The van der Waals surface area contributed by atoms with Gasteiger partial charge in [0.2, 0.25) is 0 Å². The molecule has 0 radical (unpaired) electrons. The number of halogens is 2. The van der Waals surface area contributed by atoms with Crippen LogP contribution in [-0.2, 0) is 6.42 Å². The maximum absolute atomic E-state index is 6.27. The second-order valence-electron chi connectivity index (χ2n) is 5.61. The Morgan fingerprint density at radius 1 is 1.22 bits per heavy atom. The monoisotopic (exact) mass is 285 g/mol. The fourth-order valence-corrected chi connectivity index (χ4v) is 3.71. The van der Waals surface area contributed by atoms with E-state index in [0.717, 1.165) is 22.0 Å². The summed E-state index contributed by atoms with van der Waals surface area (Å²) >= 11 is 12.5. The maximum Gasteiger partial charge on any atom is 0.0453 e. The van der Waals surface area contributed by atoms with Crippen molar-refractivity contribution in [3.05, 3.63) is 33.8 Å². The highest BCUT2D eigenvalue weighted by Crippen LogP contribution is 2.42. The van der Waals surface area contributed by atoms with Gasteiger partial charge in [-0.15, -0.1) is 0 Å². The summed E-state index contributed by atoms with van der Waals surface area (Å²) in [6, 6.07) is 6.19. The maximum atomic E-state index is 6.27. The zero-order valence-corrected chi connectivity index (χ0v) is 12.6. The van der Waals surface area contributed by atoms with Gasteiger partial charge in [0.1, 0.15) is 0 Å². The quantitative estimate of drug-likeness (QED) is 0.845. The van der Waals surface area contributed by atoms with Crippen molar-refractivity contribution in [3.8, 4) is 0 Å². The second-order valence-corrected chi connectivity index (χ2v) is 6.42. The molecule has 0 aliphatic heterocycles. The second kappa shape index (κ2) is 5.81. The molecule has 1 aliphatic carbocycles. The van der Waals surface area contributed by atoms with Gasteiger partial charge in [-0.2, -0.15) is 0 Å². The highest BCUT2D eigenvalue weighted by Gasteiger charge is 2.36. The summed E-state index contributed by atoms with van der Waals surface area (Å²) in [4.78, 5) is 0. The zero-order valence-electron chi connectivity index (χ0n) is 11.1. The van der Waals surface area contributed by atoms with Crippen LogP contribution in [0.2, 0.25) is 10.0 Å². The van der Waals surface area contributed by atoms with Crippen LogP contribution in [0.15, 0.2) is 18.2 Å². The van der Waals surface area contributed by atoms with Crippen LogP contribution in [0.1, 0.15) is 38.2 Å². The van der Waals surface area contributed by atoms with Crippen molar-refractivity contribution in [2.75, 3.05) is 7.05 Å². The number of likely N-dealkylation sites (N-methyl/N-ethyl adjacent to an activating group) is 1. The van der Waals surface area contributed by atoms with E-state index in [1.165, 1.54) is 25.7 Å². The Balaban J connectivity index is 2.20. The van der Waals surface area contributed by atoms with Gasteiger partial charge in [-0.25, -0.2) is 0 Å². The first-order chi connectivity index (χ1) is 8.57. The molecule has 18 heavy (non-hydrogen) atoms. The number of hydrogen-bond acceptors (Lipinski definition) is 1. The van der Waals surface area contributed by atoms with E-state index in [9.17, 15) is 0 Å². The van der Waals surface area contributed by atoms with Gasteiger partial charge < -0.3 is 5.32 Å². The summed E-state index contributed by atoms with van der Waals surface area (Å²) in [5.74, 6) is 0. The topological polar surface area (TPSA) is 12.0 Å². The molecule has 0 amide bonds. The molecule has 3 heteroatoms. The van der Waals surface area contributed by atoms with E-state index < -0.39 is 0 Å². The van der Waals surface area contributed by atoms with Gasteiger partial charge in [0.05, 0.1) is 0 Å². The molecule has 1 fully saturated rings. The number of rotatable bonds is 4. The Kier molecular flexibility index (Phi) is 4.58. The molecule has 0 aromatic heterocycles. The van der Waals surface area contributed by atoms with Crippen molar-refractivity contribution in [1.29, 1.82) is 0 Å². The van der Waals surface area contributed by atoms with Crippen molar-refractivity contribution in [3.63, 3.8) is 0 Å². The molecule has 2 rings (SSSR count). The zero-order chi connectivity index (χ0) is 13.2. The van der Waals surface area contributed by atoms with E-state index >= 15 is 0 Å². The minimum Gasteiger partial charge on any atom is -0.316 e. The molecule has 1 N–H and O–H groups in total. The van der Waals surface area contributed by atoms with E-state index in [0.29, 0.717) is 11.5 Å². The van der Waals surface area contributed by atoms with Gasteiger partial charge in [-0.05, 0) is 49.4 Å². The molecule has 0 bridgehead atoms. The van der Waals surface area contributed by atoms with Crippen LogP contribution in [-0.4, -0.2) is 13.1 Å².